The van der Waals surface area contributed by atoms with Crippen LogP contribution in [-0.2, 0) is 6.42 Å². The number of benzene rings is 2. The second-order valence-electron chi connectivity index (χ2n) is 6.40. The monoisotopic (exact) mass is 343 g/mol. The zero-order chi connectivity index (χ0) is 17.7. The summed E-state index contributed by atoms with van der Waals surface area (Å²) in [7, 11) is 0. The summed E-state index contributed by atoms with van der Waals surface area (Å²) < 4.78 is 6.00. The first-order valence-corrected chi connectivity index (χ1v) is 8.56. The summed E-state index contributed by atoms with van der Waals surface area (Å²) in [6, 6.07) is 16.2. The summed E-state index contributed by atoms with van der Waals surface area (Å²) >= 11 is 0. The SMILES string of the molecule is Cc1c(-c2nc(N)nc(N3CCc4ccccc43)n2)oc2ccccc12. The van der Waals surface area contributed by atoms with Gasteiger partial charge >= 0.3 is 0 Å². The molecule has 2 aromatic carbocycles. The van der Waals surface area contributed by atoms with Crippen LogP contribution in [0.5, 0.6) is 0 Å². The number of hydrogen-bond donors (Lipinski definition) is 1. The molecule has 0 aliphatic carbocycles. The number of aryl methyl sites for hydroxylation is 1. The number of aromatic nitrogens is 3. The molecular formula is C20H17N5O. The van der Waals surface area contributed by atoms with E-state index in [2.05, 4.69) is 32.0 Å². The quantitative estimate of drug-likeness (QED) is 0.595. The normalized spacial score (nSPS) is 13.3. The number of hydrogen-bond acceptors (Lipinski definition) is 6. The molecule has 1 aliphatic rings. The summed E-state index contributed by atoms with van der Waals surface area (Å²) in [5, 5.41) is 1.05. The fourth-order valence-electron chi connectivity index (χ4n) is 3.54. The zero-order valence-corrected chi connectivity index (χ0v) is 14.3. The van der Waals surface area contributed by atoms with Gasteiger partial charge in [0, 0.05) is 23.2 Å². The Morgan fingerprint density at radius 3 is 2.69 bits per heavy atom. The van der Waals surface area contributed by atoms with Crippen LogP contribution in [0.15, 0.2) is 52.9 Å². The van der Waals surface area contributed by atoms with Crippen LogP contribution >= 0.6 is 0 Å². The molecule has 26 heavy (non-hydrogen) atoms. The lowest BCUT2D eigenvalue weighted by molar-refractivity contribution is 0.622. The molecule has 5 rings (SSSR count). The Labute approximate surface area is 150 Å². The van der Waals surface area contributed by atoms with E-state index in [0.29, 0.717) is 17.5 Å². The molecular weight excluding hydrogens is 326 g/mol. The molecule has 2 N–H and O–H groups in total. The van der Waals surface area contributed by atoms with E-state index in [4.69, 9.17) is 10.2 Å². The fourth-order valence-corrected chi connectivity index (χ4v) is 3.54. The summed E-state index contributed by atoms with van der Waals surface area (Å²) in [5.41, 5.74) is 10.2. The number of furan rings is 1. The Kier molecular flexibility index (Phi) is 3.18. The van der Waals surface area contributed by atoms with E-state index in [1.54, 1.807) is 0 Å². The molecule has 0 unspecified atom stereocenters. The molecule has 4 aromatic rings. The third-order valence-electron chi connectivity index (χ3n) is 4.82. The molecule has 6 nitrogen and oxygen atoms in total. The minimum Gasteiger partial charge on any atom is -0.452 e. The highest BCUT2D eigenvalue weighted by molar-refractivity contribution is 5.86. The van der Waals surface area contributed by atoms with Crippen molar-refractivity contribution in [2.24, 2.45) is 0 Å². The Morgan fingerprint density at radius 1 is 1.00 bits per heavy atom. The first kappa shape index (κ1) is 14.9. The van der Waals surface area contributed by atoms with Crippen LogP contribution in [0.25, 0.3) is 22.6 Å². The standard InChI is InChI=1S/C20H17N5O/c1-12-14-7-3-5-9-16(14)26-17(12)18-22-19(21)24-20(23-18)25-11-10-13-6-2-4-8-15(13)25/h2-9H,10-11H2,1H3,(H2,21,22,23,24). The molecule has 0 bridgehead atoms. The van der Waals surface area contributed by atoms with Crippen molar-refractivity contribution in [3.8, 4) is 11.6 Å². The third kappa shape index (κ3) is 2.23. The predicted molar refractivity (Wildman–Crippen MR) is 101 cm³/mol. The molecule has 0 radical (unpaired) electrons. The van der Waals surface area contributed by atoms with Gasteiger partial charge in [-0.1, -0.05) is 36.4 Å². The predicted octanol–water partition coefficient (Wildman–Crippen LogP) is 3.87. The van der Waals surface area contributed by atoms with E-state index < -0.39 is 0 Å². The molecule has 0 spiro atoms. The number of nitrogens with two attached hydrogens (primary N) is 1. The number of para-hydroxylation sites is 2. The zero-order valence-electron chi connectivity index (χ0n) is 14.3. The number of nitrogens with zero attached hydrogens (tertiary/aromatic N) is 4. The van der Waals surface area contributed by atoms with E-state index >= 15 is 0 Å². The number of rotatable bonds is 2. The summed E-state index contributed by atoms with van der Waals surface area (Å²) in [5.74, 6) is 1.84. The van der Waals surface area contributed by atoms with Gasteiger partial charge in [-0.3, -0.25) is 0 Å². The number of nitrogen functional groups attached to an aromatic ring is 1. The molecule has 0 saturated carbocycles. The maximum Gasteiger partial charge on any atom is 0.235 e. The minimum absolute atomic E-state index is 0.189. The smallest absolute Gasteiger partial charge is 0.235 e. The molecule has 1 aliphatic heterocycles. The van der Waals surface area contributed by atoms with E-state index in [9.17, 15) is 0 Å². The van der Waals surface area contributed by atoms with E-state index in [0.717, 1.165) is 35.2 Å². The van der Waals surface area contributed by atoms with Gasteiger partial charge in [0.15, 0.2) is 5.76 Å². The highest BCUT2D eigenvalue weighted by atomic mass is 16.3. The average Bonchev–Trinajstić information content (AvgIpc) is 3.23. The van der Waals surface area contributed by atoms with Crippen molar-refractivity contribution < 1.29 is 4.42 Å². The van der Waals surface area contributed by atoms with Crippen molar-refractivity contribution in [3.63, 3.8) is 0 Å². The van der Waals surface area contributed by atoms with Crippen molar-refractivity contribution in [1.29, 1.82) is 0 Å². The Bertz CT molecular complexity index is 1130. The van der Waals surface area contributed by atoms with Gasteiger partial charge in [-0.25, -0.2) is 0 Å². The lowest BCUT2D eigenvalue weighted by atomic mass is 10.1. The van der Waals surface area contributed by atoms with Gasteiger partial charge in [0.25, 0.3) is 0 Å². The Morgan fingerprint density at radius 2 is 1.81 bits per heavy atom. The first-order valence-electron chi connectivity index (χ1n) is 8.56. The molecule has 0 fully saturated rings. The second kappa shape index (κ2) is 5.56. The molecule has 2 aromatic heterocycles. The number of fused-ring (bicyclic) bond motifs is 2. The molecule has 6 heteroatoms. The van der Waals surface area contributed by atoms with Gasteiger partial charge < -0.3 is 15.1 Å². The highest BCUT2D eigenvalue weighted by Crippen LogP contribution is 2.35. The summed E-state index contributed by atoms with van der Waals surface area (Å²) in [6.45, 7) is 2.83. The molecule has 128 valence electrons. The fraction of sp³-hybridized carbons (Fsp3) is 0.150. The molecule has 0 amide bonds. The van der Waals surface area contributed by atoms with Crippen molar-refractivity contribution in [2.45, 2.75) is 13.3 Å². The van der Waals surface area contributed by atoms with E-state index in [1.807, 2.05) is 43.3 Å². The van der Waals surface area contributed by atoms with Crippen LogP contribution in [0, 0.1) is 6.92 Å². The van der Waals surface area contributed by atoms with Crippen LogP contribution < -0.4 is 10.6 Å². The van der Waals surface area contributed by atoms with Gasteiger partial charge in [0.05, 0.1) is 0 Å². The van der Waals surface area contributed by atoms with E-state index in [1.165, 1.54) is 5.56 Å². The Hall–Kier alpha value is -3.41. The molecule has 0 atom stereocenters. The average molecular weight is 343 g/mol. The Balaban J connectivity index is 1.65. The van der Waals surface area contributed by atoms with Gasteiger partial charge in [-0.05, 0) is 31.0 Å². The lowest BCUT2D eigenvalue weighted by Crippen LogP contribution is -2.18. The maximum absolute atomic E-state index is 6.00. The summed E-state index contributed by atoms with van der Waals surface area (Å²) in [4.78, 5) is 15.4. The van der Waals surface area contributed by atoms with Crippen molar-refractivity contribution in [3.05, 3.63) is 59.7 Å². The van der Waals surface area contributed by atoms with Crippen molar-refractivity contribution in [1.82, 2.24) is 15.0 Å². The third-order valence-corrected chi connectivity index (χ3v) is 4.82. The summed E-state index contributed by atoms with van der Waals surface area (Å²) in [6.07, 6.45) is 0.959. The molecule has 3 heterocycles. The van der Waals surface area contributed by atoms with Crippen LogP contribution in [-0.4, -0.2) is 21.5 Å². The highest BCUT2D eigenvalue weighted by Gasteiger charge is 2.24. The van der Waals surface area contributed by atoms with E-state index in [-0.39, 0.29) is 5.95 Å². The van der Waals surface area contributed by atoms with Gasteiger partial charge in [-0.15, -0.1) is 0 Å². The minimum atomic E-state index is 0.189. The van der Waals surface area contributed by atoms with Crippen molar-refractivity contribution in [2.75, 3.05) is 17.2 Å². The van der Waals surface area contributed by atoms with Crippen LogP contribution in [0.1, 0.15) is 11.1 Å². The van der Waals surface area contributed by atoms with Crippen molar-refractivity contribution >= 4 is 28.6 Å². The topological polar surface area (TPSA) is 81.1 Å². The number of anilines is 3. The van der Waals surface area contributed by atoms with Crippen LogP contribution in [0.4, 0.5) is 17.6 Å². The largest absolute Gasteiger partial charge is 0.452 e. The van der Waals surface area contributed by atoms with Gasteiger partial charge in [0.1, 0.15) is 5.58 Å². The first-order chi connectivity index (χ1) is 12.7. The van der Waals surface area contributed by atoms with Gasteiger partial charge in [0.2, 0.25) is 17.7 Å². The second-order valence-corrected chi connectivity index (χ2v) is 6.40. The molecule has 0 saturated heterocycles. The lowest BCUT2D eigenvalue weighted by Gasteiger charge is -2.17. The maximum atomic E-state index is 6.00. The van der Waals surface area contributed by atoms with Gasteiger partial charge in [-0.2, -0.15) is 15.0 Å². The van der Waals surface area contributed by atoms with Crippen LogP contribution in [0.2, 0.25) is 0 Å². The van der Waals surface area contributed by atoms with Crippen LogP contribution in [0.3, 0.4) is 0 Å².